The fourth-order valence-corrected chi connectivity index (χ4v) is 0. The van der Waals surface area contributed by atoms with Crippen LogP contribution in [0.2, 0.25) is 0 Å². The van der Waals surface area contributed by atoms with Gasteiger partial charge >= 0.3 is 90.4 Å². The second-order valence-electron chi connectivity index (χ2n) is 0.447. The van der Waals surface area contributed by atoms with Crippen LogP contribution in [0, 0.1) is 75.9 Å². The van der Waals surface area contributed by atoms with Gasteiger partial charge in [-0.3, -0.25) is 0 Å². The van der Waals surface area contributed by atoms with Crippen LogP contribution in [0.4, 0.5) is 0 Å². The number of nitrogens with zero attached hydrogens (tertiary/aromatic N) is 2. The van der Waals surface area contributed by atoms with Crippen molar-refractivity contribution in [2.45, 2.75) is 13.8 Å². The zero-order valence-corrected chi connectivity index (χ0v) is 17.3. The van der Waals surface area contributed by atoms with Gasteiger partial charge in [0.2, 0.25) is 0 Å². The van der Waals surface area contributed by atoms with Crippen molar-refractivity contribution in [3.8, 4) is 12.1 Å². The molecule has 0 aromatic heterocycles. The van der Waals surface area contributed by atoms with Gasteiger partial charge in [0.15, 0.2) is 0 Å². The molecule has 0 rings (SSSR count). The molecule has 0 unspecified atom stereocenters. The smallest absolute Gasteiger partial charge is 0 e. The zero-order valence-electron chi connectivity index (χ0n) is 11.9. The minimum atomic E-state index is 0. The van der Waals surface area contributed by atoms with Crippen LogP contribution in [0.5, 0.6) is 0 Å². The molecular formula is C12H6N2O8Re2. The normalized spacial score (nSPS) is 1.33. The zero-order chi connectivity index (χ0) is 21.4. The van der Waals surface area contributed by atoms with Crippen LogP contribution in [0.15, 0.2) is 0 Å². The van der Waals surface area contributed by atoms with Gasteiger partial charge in [-0.2, -0.15) is 10.5 Å². The Labute approximate surface area is 167 Å². The maximum Gasteiger partial charge on any atom is 0 e. The summed E-state index contributed by atoms with van der Waals surface area (Å²) in [6.45, 7) is 38.9. The minimum absolute atomic E-state index is 0. The average molecular weight is 679 g/mol. The van der Waals surface area contributed by atoms with Gasteiger partial charge in [-0.25, -0.2) is 0 Å². The predicted molar refractivity (Wildman–Crippen MR) is 54.0 cm³/mol. The molecular weight excluding hydrogens is 673 g/mol. The second-order valence-corrected chi connectivity index (χ2v) is 0.447. The molecule has 0 amide bonds. The molecule has 0 aliphatic carbocycles. The van der Waals surface area contributed by atoms with Crippen molar-refractivity contribution in [1.29, 1.82) is 10.5 Å². The molecule has 0 atom stereocenters. The Morgan fingerprint density at radius 3 is 0.417 bits per heavy atom. The Balaban J connectivity index is -0.00000000665. The monoisotopic (exact) mass is 680 g/mol. The first kappa shape index (κ1) is 95.8. The molecule has 0 N–H and O–H groups in total. The standard InChI is InChI=1S/2C2H3N.8CO.2Re/c2*1-2-3;8*1-2;;/h2*1H3;;;;;;;;;;. The van der Waals surface area contributed by atoms with E-state index >= 15 is 0 Å². The largest absolute Gasteiger partial charge is 0 e. The molecule has 0 aliphatic heterocycles. The molecule has 0 saturated heterocycles. The number of hydrogen-bond acceptors (Lipinski definition) is 2. The molecule has 10 nitrogen and oxygen atoms in total. The van der Waals surface area contributed by atoms with Crippen LogP contribution in [0.3, 0.4) is 0 Å². The van der Waals surface area contributed by atoms with E-state index in [0.717, 1.165) is 0 Å². The van der Waals surface area contributed by atoms with Crippen molar-refractivity contribution in [2.24, 2.45) is 0 Å². The fourth-order valence-electron chi connectivity index (χ4n) is 0. The van der Waals surface area contributed by atoms with Gasteiger partial charge in [-0.15, -0.1) is 0 Å². The molecule has 0 fully saturated rings. The van der Waals surface area contributed by atoms with E-state index in [9.17, 15) is 0 Å². The Kier molecular flexibility index (Phi) is 686000. The first-order valence-corrected chi connectivity index (χ1v) is 3.08. The summed E-state index contributed by atoms with van der Waals surface area (Å²) >= 11 is 0. The molecule has 0 heterocycles. The third-order valence-corrected chi connectivity index (χ3v) is 0. The molecule has 2 radical (unpaired) electrons. The van der Waals surface area contributed by atoms with Crippen LogP contribution in [0.25, 0.3) is 0 Å². The van der Waals surface area contributed by atoms with E-state index in [4.69, 9.17) is 47.7 Å². The maximum atomic E-state index is 7.50. The first-order chi connectivity index (χ1) is 10.8. The Morgan fingerprint density at radius 2 is 0.417 bits per heavy atom. The van der Waals surface area contributed by atoms with Gasteiger partial charge in [0.25, 0.3) is 0 Å². The van der Waals surface area contributed by atoms with Crippen LogP contribution in [-0.4, -0.2) is 0 Å². The van der Waals surface area contributed by atoms with Crippen LogP contribution >= 0.6 is 0 Å². The van der Waals surface area contributed by atoms with Gasteiger partial charge in [0.05, 0.1) is 12.1 Å². The summed E-state index contributed by atoms with van der Waals surface area (Å²) in [5, 5.41) is 14.6. The Hall–Kier alpha value is -1.78. The summed E-state index contributed by atoms with van der Waals surface area (Å²) in [6, 6.07) is 3.50. The predicted octanol–water partition coefficient (Wildman–Crippen LogP) is 0.755. The van der Waals surface area contributed by atoms with Crippen molar-refractivity contribution in [3.05, 3.63) is 53.2 Å². The summed E-state index contributed by atoms with van der Waals surface area (Å²) in [6.07, 6.45) is 0. The van der Waals surface area contributed by atoms with Gasteiger partial charge in [0.1, 0.15) is 0 Å². The van der Waals surface area contributed by atoms with Crippen molar-refractivity contribution in [1.82, 2.24) is 0 Å². The van der Waals surface area contributed by atoms with Crippen molar-refractivity contribution >= 4 is 0 Å². The summed E-state index contributed by atoms with van der Waals surface area (Å²) in [7, 11) is 0. The fraction of sp³-hybridized carbons (Fsp3) is 0.167. The van der Waals surface area contributed by atoms with E-state index < -0.39 is 0 Å². The Morgan fingerprint density at radius 1 is 0.417 bits per heavy atom. The van der Waals surface area contributed by atoms with Crippen molar-refractivity contribution in [2.75, 3.05) is 0 Å². The first-order valence-electron chi connectivity index (χ1n) is 3.08. The van der Waals surface area contributed by atoms with Gasteiger partial charge in [-0.1, -0.05) is 0 Å². The maximum absolute atomic E-state index is 7.50. The Bertz CT molecular complexity index is 270. The molecule has 24 heavy (non-hydrogen) atoms. The molecule has 0 aromatic rings. The van der Waals surface area contributed by atoms with E-state index in [1.807, 2.05) is 0 Å². The third kappa shape index (κ3) is 2370. The third-order valence-electron chi connectivity index (χ3n) is 0. The SMILES string of the molecule is CC#N.CC#N.[C-]#[O+].[C-]#[O+].[C-]#[O+].[C-]#[O+].[C-]#[O+].[C-]#[O+].[C-]#[O+].[C-]#[O+].[Re].[Re]. The summed E-state index contributed by atoms with van der Waals surface area (Å²) < 4.78 is 60.0. The molecule has 0 aliphatic rings. The van der Waals surface area contributed by atoms with E-state index in [1.165, 1.54) is 13.8 Å². The van der Waals surface area contributed by atoms with E-state index in [0.29, 0.717) is 0 Å². The summed E-state index contributed by atoms with van der Waals surface area (Å²) in [5.74, 6) is 0. The quantitative estimate of drug-likeness (QED) is 0.269. The van der Waals surface area contributed by atoms with Crippen molar-refractivity contribution < 1.29 is 78.1 Å². The topological polar surface area (TPSA) is 207 Å². The molecule has 126 valence electrons. The van der Waals surface area contributed by atoms with Gasteiger partial charge in [-0.05, 0) is 0 Å². The minimum Gasteiger partial charge on any atom is 0 e. The van der Waals surface area contributed by atoms with Crippen molar-refractivity contribution in [3.63, 3.8) is 0 Å². The molecule has 0 saturated carbocycles. The molecule has 0 aromatic carbocycles. The average Bonchev–Trinajstić information content (AvgIpc) is 2.69. The number of hydrogen-bond donors (Lipinski definition) is 0. The number of nitriles is 2. The van der Waals surface area contributed by atoms with Gasteiger partial charge < -0.3 is 0 Å². The van der Waals surface area contributed by atoms with E-state index in [1.54, 1.807) is 12.1 Å². The number of rotatable bonds is 0. The summed E-state index contributed by atoms with van der Waals surface area (Å²) in [5.41, 5.74) is 0. The van der Waals surface area contributed by atoms with Crippen LogP contribution in [-0.2, 0) is 78.1 Å². The van der Waals surface area contributed by atoms with E-state index in [-0.39, 0.29) is 40.8 Å². The second kappa shape index (κ2) is 172000. The van der Waals surface area contributed by atoms with Crippen LogP contribution in [0.1, 0.15) is 13.8 Å². The van der Waals surface area contributed by atoms with Gasteiger partial charge in [0, 0.05) is 54.7 Å². The molecule has 12 heteroatoms. The summed E-state index contributed by atoms with van der Waals surface area (Å²) in [4.78, 5) is 0. The van der Waals surface area contributed by atoms with Crippen LogP contribution < -0.4 is 0 Å². The van der Waals surface area contributed by atoms with E-state index in [2.05, 4.69) is 53.2 Å². The molecule has 0 spiro atoms. The molecule has 0 bridgehead atoms.